The molecule has 1 aromatic carbocycles. The number of alkyl halides is 2. The lowest BCUT2D eigenvalue weighted by Gasteiger charge is -2.27. The molecule has 1 unspecified atom stereocenters. The summed E-state index contributed by atoms with van der Waals surface area (Å²) >= 11 is 0. The predicted molar refractivity (Wildman–Crippen MR) is 71.3 cm³/mol. The predicted octanol–water partition coefficient (Wildman–Crippen LogP) is 3.20. The van der Waals surface area contributed by atoms with Crippen molar-refractivity contribution in [2.24, 2.45) is 0 Å². The molecule has 1 N–H and O–H groups in total. The molecule has 1 aliphatic rings. The minimum absolute atomic E-state index is 0.0881. The number of halogens is 2. The Morgan fingerprint density at radius 1 is 1.40 bits per heavy atom. The normalized spacial score (nSPS) is 17.7. The molecule has 2 aromatic rings. The molecule has 106 valence electrons. The second-order valence-electron chi connectivity index (χ2n) is 4.77. The van der Waals surface area contributed by atoms with Gasteiger partial charge in [-0.2, -0.15) is 13.9 Å². The fraction of sp³-hybridized carbons (Fsp3) is 0.357. The first-order chi connectivity index (χ1) is 9.66. The molecule has 0 aliphatic carbocycles. The summed E-state index contributed by atoms with van der Waals surface area (Å²) in [5.41, 5.74) is 1.78. The van der Waals surface area contributed by atoms with E-state index in [-0.39, 0.29) is 11.8 Å². The summed E-state index contributed by atoms with van der Waals surface area (Å²) in [6.07, 6.45) is 2.55. The topological polar surface area (TPSA) is 39.1 Å². The minimum atomic E-state index is -2.82. The van der Waals surface area contributed by atoms with Crippen LogP contribution in [0.3, 0.4) is 0 Å². The molecule has 4 nitrogen and oxygen atoms in total. The lowest BCUT2D eigenvalue weighted by molar-refractivity contribution is -0.0507. The molecule has 0 fully saturated rings. The van der Waals surface area contributed by atoms with Crippen LogP contribution in [0.25, 0.3) is 0 Å². The van der Waals surface area contributed by atoms with Crippen LogP contribution in [0, 0.1) is 6.92 Å². The first kappa shape index (κ1) is 12.9. The van der Waals surface area contributed by atoms with Crippen LogP contribution in [-0.4, -0.2) is 22.9 Å². The molecule has 1 aromatic heterocycles. The molecule has 0 saturated heterocycles. The number of benzene rings is 1. The Kier molecular flexibility index (Phi) is 3.30. The van der Waals surface area contributed by atoms with Gasteiger partial charge in [0.15, 0.2) is 0 Å². The zero-order chi connectivity index (χ0) is 14.1. The Hall–Kier alpha value is -2.11. The van der Waals surface area contributed by atoms with Gasteiger partial charge in [0.1, 0.15) is 11.6 Å². The second kappa shape index (κ2) is 5.11. The zero-order valence-corrected chi connectivity index (χ0v) is 11.0. The highest BCUT2D eigenvalue weighted by Gasteiger charge is 2.26. The number of para-hydroxylation sites is 1. The summed E-state index contributed by atoms with van der Waals surface area (Å²) in [5, 5.41) is 7.63. The van der Waals surface area contributed by atoms with Gasteiger partial charge in [-0.15, -0.1) is 0 Å². The van der Waals surface area contributed by atoms with E-state index in [0.29, 0.717) is 0 Å². The van der Waals surface area contributed by atoms with E-state index in [1.807, 2.05) is 23.7 Å². The van der Waals surface area contributed by atoms with Crippen molar-refractivity contribution in [1.29, 1.82) is 0 Å². The van der Waals surface area contributed by atoms with Gasteiger partial charge in [-0.05, 0) is 19.4 Å². The molecule has 1 atom stereocenters. The van der Waals surface area contributed by atoms with Gasteiger partial charge in [0.05, 0.1) is 12.2 Å². The van der Waals surface area contributed by atoms with E-state index in [0.717, 1.165) is 29.9 Å². The van der Waals surface area contributed by atoms with Crippen molar-refractivity contribution in [3.8, 4) is 5.75 Å². The number of aryl methyl sites for hydroxylation is 1. The van der Waals surface area contributed by atoms with Gasteiger partial charge in [-0.1, -0.05) is 18.2 Å². The van der Waals surface area contributed by atoms with Crippen LogP contribution in [-0.2, 0) is 0 Å². The van der Waals surface area contributed by atoms with E-state index >= 15 is 0 Å². The van der Waals surface area contributed by atoms with Crippen molar-refractivity contribution in [3.05, 3.63) is 41.6 Å². The van der Waals surface area contributed by atoms with E-state index in [1.165, 1.54) is 0 Å². The van der Waals surface area contributed by atoms with Crippen LogP contribution in [0.15, 0.2) is 30.5 Å². The lowest BCUT2D eigenvalue weighted by atomic mass is 10.0. The molecular weight excluding hydrogens is 264 g/mol. The highest BCUT2D eigenvalue weighted by molar-refractivity contribution is 5.47. The third kappa shape index (κ3) is 2.21. The first-order valence-corrected chi connectivity index (χ1v) is 6.48. The van der Waals surface area contributed by atoms with Crippen LogP contribution in [0.5, 0.6) is 5.75 Å². The van der Waals surface area contributed by atoms with Crippen molar-refractivity contribution >= 4 is 5.82 Å². The maximum atomic E-state index is 12.5. The number of ether oxygens (including phenoxy) is 1. The summed E-state index contributed by atoms with van der Waals surface area (Å²) in [6.45, 7) is -0.0765. The van der Waals surface area contributed by atoms with Crippen LogP contribution < -0.4 is 10.1 Å². The van der Waals surface area contributed by atoms with Gasteiger partial charge in [0.2, 0.25) is 0 Å². The first-order valence-electron chi connectivity index (χ1n) is 6.48. The molecule has 0 saturated carbocycles. The Balaban J connectivity index is 2.02. The molecule has 0 bridgehead atoms. The average molecular weight is 279 g/mol. The molecular formula is C14H15F2N3O. The van der Waals surface area contributed by atoms with E-state index in [1.54, 1.807) is 18.3 Å². The van der Waals surface area contributed by atoms with E-state index in [9.17, 15) is 8.78 Å². The summed E-state index contributed by atoms with van der Waals surface area (Å²) in [5.74, 6) is 1.15. The fourth-order valence-corrected chi connectivity index (χ4v) is 2.60. The van der Waals surface area contributed by atoms with E-state index < -0.39 is 6.61 Å². The maximum absolute atomic E-state index is 12.5. The fourth-order valence-electron chi connectivity index (χ4n) is 2.60. The van der Waals surface area contributed by atoms with Gasteiger partial charge < -0.3 is 10.1 Å². The monoisotopic (exact) mass is 279 g/mol. The van der Waals surface area contributed by atoms with Gasteiger partial charge in [-0.25, -0.2) is 4.68 Å². The summed E-state index contributed by atoms with van der Waals surface area (Å²) in [7, 11) is 0. The highest BCUT2D eigenvalue weighted by Crippen LogP contribution is 2.35. The molecule has 3 rings (SSSR count). The number of rotatable bonds is 3. The molecule has 2 heterocycles. The van der Waals surface area contributed by atoms with Gasteiger partial charge in [0.25, 0.3) is 0 Å². The number of hydrogen-bond acceptors (Lipinski definition) is 3. The molecule has 0 amide bonds. The Labute approximate surface area is 115 Å². The van der Waals surface area contributed by atoms with Crippen LogP contribution in [0.4, 0.5) is 14.6 Å². The molecule has 0 spiro atoms. The number of nitrogens with one attached hydrogen (secondary N) is 1. The molecule has 20 heavy (non-hydrogen) atoms. The number of nitrogens with zero attached hydrogens (tertiary/aromatic N) is 2. The number of fused-ring (bicyclic) bond motifs is 1. The quantitative estimate of drug-likeness (QED) is 0.937. The minimum Gasteiger partial charge on any atom is -0.434 e. The highest BCUT2D eigenvalue weighted by atomic mass is 19.3. The molecule has 1 aliphatic heterocycles. The Morgan fingerprint density at radius 3 is 3.00 bits per heavy atom. The van der Waals surface area contributed by atoms with E-state index in [2.05, 4.69) is 15.2 Å². The maximum Gasteiger partial charge on any atom is 0.387 e. The number of anilines is 1. The number of aromatic nitrogens is 2. The third-order valence-corrected chi connectivity index (χ3v) is 3.48. The van der Waals surface area contributed by atoms with Gasteiger partial charge >= 0.3 is 6.61 Å². The summed E-state index contributed by atoms with van der Waals surface area (Å²) in [6, 6.07) is 6.81. The van der Waals surface area contributed by atoms with Crippen molar-refractivity contribution in [3.63, 3.8) is 0 Å². The zero-order valence-electron chi connectivity index (χ0n) is 11.0. The van der Waals surface area contributed by atoms with Crippen LogP contribution >= 0.6 is 0 Å². The lowest BCUT2D eigenvalue weighted by Crippen LogP contribution is -2.25. The molecule has 6 heteroatoms. The number of hydrogen-bond donors (Lipinski definition) is 1. The second-order valence-corrected chi connectivity index (χ2v) is 4.77. The average Bonchev–Trinajstić information content (AvgIpc) is 2.81. The van der Waals surface area contributed by atoms with Crippen molar-refractivity contribution in [2.75, 3.05) is 11.9 Å². The van der Waals surface area contributed by atoms with Crippen molar-refractivity contribution in [1.82, 2.24) is 9.78 Å². The summed E-state index contributed by atoms with van der Waals surface area (Å²) < 4.78 is 31.5. The van der Waals surface area contributed by atoms with Crippen LogP contribution in [0.1, 0.15) is 23.6 Å². The molecule has 0 radical (unpaired) electrons. The SMILES string of the molecule is Cc1cnn2c1NCCC2c1ccccc1OC(F)F. The van der Waals surface area contributed by atoms with Crippen LogP contribution in [0.2, 0.25) is 0 Å². The van der Waals surface area contributed by atoms with Gasteiger partial charge in [0, 0.05) is 17.7 Å². The Bertz CT molecular complexity index is 612. The van der Waals surface area contributed by atoms with Crippen molar-refractivity contribution < 1.29 is 13.5 Å². The Morgan fingerprint density at radius 2 is 2.20 bits per heavy atom. The third-order valence-electron chi connectivity index (χ3n) is 3.48. The largest absolute Gasteiger partial charge is 0.434 e. The van der Waals surface area contributed by atoms with E-state index in [4.69, 9.17) is 0 Å². The smallest absolute Gasteiger partial charge is 0.387 e. The summed E-state index contributed by atoms with van der Waals surface area (Å²) in [4.78, 5) is 0. The van der Waals surface area contributed by atoms with Gasteiger partial charge in [-0.3, -0.25) is 0 Å². The standard InChI is InChI=1S/C14H15F2N3O/c1-9-8-18-19-11(6-7-17-13(9)19)10-4-2-3-5-12(10)20-14(15)16/h2-5,8,11,14,17H,6-7H2,1H3. The van der Waals surface area contributed by atoms with Crippen molar-refractivity contribution in [2.45, 2.75) is 26.0 Å².